The van der Waals surface area contributed by atoms with Gasteiger partial charge in [0.05, 0.1) is 12.0 Å². The maximum atomic E-state index is 11.8. The highest BCUT2D eigenvalue weighted by molar-refractivity contribution is 5.83. The third-order valence-corrected chi connectivity index (χ3v) is 4.88. The van der Waals surface area contributed by atoms with Crippen molar-refractivity contribution in [1.29, 1.82) is 0 Å². The molecule has 1 amide bonds. The zero-order valence-corrected chi connectivity index (χ0v) is 12.2. The van der Waals surface area contributed by atoms with Crippen LogP contribution in [0.2, 0.25) is 0 Å². The van der Waals surface area contributed by atoms with E-state index in [4.69, 9.17) is 0 Å². The van der Waals surface area contributed by atoms with Crippen LogP contribution in [0.3, 0.4) is 0 Å². The molecule has 5 heteroatoms. The fourth-order valence-corrected chi connectivity index (χ4v) is 3.48. The Bertz CT molecular complexity index is 526. The molecular weight excluding hydrogens is 264 g/mol. The smallest absolute Gasteiger partial charge is 0.225 e. The van der Waals surface area contributed by atoms with Crippen molar-refractivity contribution in [2.75, 3.05) is 18.0 Å². The van der Waals surface area contributed by atoms with E-state index >= 15 is 0 Å². The molecule has 1 saturated carbocycles. The first-order chi connectivity index (χ1) is 10.3. The third kappa shape index (κ3) is 2.62. The SMILES string of the molecule is O=C1NCC2C1CCCN2c1ccc(CNC2CC2)cn1. The summed E-state index contributed by atoms with van der Waals surface area (Å²) in [5.74, 6) is 1.38. The number of piperidine rings is 1. The van der Waals surface area contributed by atoms with Crippen molar-refractivity contribution in [3.63, 3.8) is 0 Å². The van der Waals surface area contributed by atoms with Gasteiger partial charge in [0.15, 0.2) is 0 Å². The van der Waals surface area contributed by atoms with Crippen LogP contribution in [0.15, 0.2) is 18.3 Å². The molecule has 2 aliphatic heterocycles. The molecule has 0 bridgehead atoms. The molecule has 0 radical (unpaired) electrons. The highest BCUT2D eigenvalue weighted by atomic mass is 16.2. The van der Waals surface area contributed by atoms with Crippen LogP contribution < -0.4 is 15.5 Å². The largest absolute Gasteiger partial charge is 0.354 e. The number of carbonyl (C=O) groups excluding carboxylic acids is 1. The number of nitrogens with one attached hydrogen (secondary N) is 2. The number of rotatable bonds is 4. The summed E-state index contributed by atoms with van der Waals surface area (Å²) in [6, 6.07) is 5.28. The number of pyridine rings is 1. The molecule has 1 aliphatic carbocycles. The van der Waals surface area contributed by atoms with Crippen LogP contribution >= 0.6 is 0 Å². The van der Waals surface area contributed by atoms with Crippen LogP contribution in [0, 0.1) is 5.92 Å². The summed E-state index contributed by atoms with van der Waals surface area (Å²) in [6.07, 6.45) is 6.67. The quantitative estimate of drug-likeness (QED) is 0.868. The van der Waals surface area contributed by atoms with Crippen molar-refractivity contribution >= 4 is 11.7 Å². The molecule has 5 nitrogen and oxygen atoms in total. The lowest BCUT2D eigenvalue weighted by atomic mass is 9.91. The van der Waals surface area contributed by atoms with Crippen molar-refractivity contribution in [3.8, 4) is 0 Å². The lowest BCUT2D eigenvalue weighted by Crippen LogP contribution is -2.46. The van der Waals surface area contributed by atoms with Crippen molar-refractivity contribution in [1.82, 2.24) is 15.6 Å². The fourth-order valence-electron chi connectivity index (χ4n) is 3.48. The van der Waals surface area contributed by atoms with E-state index in [0.29, 0.717) is 0 Å². The van der Waals surface area contributed by atoms with E-state index in [1.165, 1.54) is 18.4 Å². The zero-order valence-electron chi connectivity index (χ0n) is 12.2. The van der Waals surface area contributed by atoms with Crippen molar-refractivity contribution in [3.05, 3.63) is 23.9 Å². The van der Waals surface area contributed by atoms with E-state index in [1.54, 1.807) is 0 Å². The lowest BCUT2D eigenvalue weighted by Gasteiger charge is -2.36. The van der Waals surface area contributed by atoms with E-state index < -0.39 is 0 Å². The molecule has 2 N–H and O–H groups in total. The van der Waals surface area contributed by atoms with Crippen molar-refractivity contribution in [2.45, 2.75) is 44.3 Å². The van der Waals surface area contributed by atoms with Gasteiger partial charge in [-0.05, 0) is 37.3 Å². The van der Waals surface area contributed by atoms with Crippen molar-refractivity contribution in [2.24, 2.45) is 5.92 Å². The Morgan fingerprint density at radius 1 is 1.33 bits per heavy atom. The van der Waals surface area contributed by atoms with Crippen LogP contribution in [-0.4, -0.2) is 36.1 Å². The number of hydrogen-bond acceptors (Lipinski definition) is 4. The Morgan fingerprint density at radius 3 is 3.00 bits per heavy atom. The maximum Gasteiger partial charge on any atom is 0.225 e. The third-order valence-electron chi connectivity index (χ3n) is 4.88. The molecule has 21 heavy (non-hydrogen) atoms. The van der Waals surface area contributed by atoms with Gasteiger partial charge < -0.3 is 15.5 Å². The second-order valence-corrected chi connectivity index (χ2v) is 6.43. The summed E-state index contributed by atoms with van der Waals surface area (Å²) in [4.78, 5) is 18.8. The van der Waals surface area contributed by atoms with Crippen LogP contribution in [0.5, 0.6) is 0 Å². The lowest BCUT2D eigenvalue weighted by molar-refractivity contribution is -0.122. The number of hydrogen-bond donors (Lipinski definition) is 2. The Kier molecular flexibility index (Phi) is 3.30. The van der Waals surface area contributed by atoms with E-state index in [1.807, 2.05) is 6.20 Å². The maximum absolute atomic E-state index is 11.8. The molecular formula is C16H22N4O. The van der Waals surface area contributed by atoms with Gasteiger partial charge in [-0.2, -0.15) is 0 Å². The predicted molar refractivity (Wildman–Crippen MR) is 81.0 cm³/mol. The minimum atomic E-state index is 0.150. The van der Waals surface area contributed by atoms with Gasteiger partial charge >= 0.3 is 0 Å². The minimum Gasteiger partial charge on any atom is -0.354 e. The first kappa shape index (κ1) is 13.1. The number of amides is 1. The standard InChI is InChI=1S/C16H22N4O/c21-16-13-2-1-7-20(14(13)10-19-16)15-6-3-11(9-18-15)8-17-12-4-5-12/h3,6,9,12-14,17H,1-2,4-5,7-8,10H2,(H,19,21). The molecule has 4 rings (SSSR count). The molecule has 112 valence electrons. The average molecular weight is 286 g/mol. The predicted octanol–water partition coefficient (Wildman–Crippen LogP) is 1.05. The van der Waals surface area contributed by atoms with Gasteiger partial charge in [-0.25, -0.2) is 4.98 Å². The van der Waals surface area contributed by atoms with Gasteiger partial charge in [0, 0.05) is 31.9 Å². The number of aromatic nitrogens is 1. The molecule has 3 heterocycles. The van der Waals surface area contributed by atoms with E-state index in [9.17, 15) is 4.79 Å². The van der Waals surface area contributed by atoms with Gasteiger partial charge in [0.2, 0.25) is 5.91 Å². The van der Waals surface area contributed by atoms with Crippen molar-refractivity contribution < 1.29 is 4.79 Å². The summed E-state index contributed by atoms with van der Waals surface area (Å²) in [7, 11) is 0. The molecule has 3 fully saturated rings. The first-order valence-electron chi connectivity index (χ1n) is 8.04. The van der Waals surface area contributed by atoms with Gasteiger partial charge in [0.25, 0.3) is 0 Å². The molecule has 2 saturated heterocycles. The number of fused-ring (bicyclic) bond motifs is 1. The summed E-state index contributed by atoms with van der Waals surface area (Å²) in [6.45, 7) is 2.67. The number of nitrogens with zero attached hydrogens (tertiary/aromatic N) is 2. The monoisotopic (exact) mass is 286 g/mol. The Morgan fingerprint density at radius 2 is 2.24 bits per heavy atom. The number of anilines is 1. The summed E-state index contributed by atoms with van der Waals surface area (Å²) in [5.41, 5.74) is 1.24. The molecule has 2 unspecified atom stereocenters. The summed E-state index contributed by atoms with van der Waals surface area (Å²) >= 11 is 0. The average Bonchev–Trinajstić information content (AvgIpc) is 3.28. The van der Waals surface area contributed by atoms with Gasteiger partial charge in [0.1, 0.15) is 5.82 Å². The minimum absolute atomic E-state index is 0.150. The highest BCUT2D eigenvalue weighted by Gasteiger charge is 2.41. The van der Waals surface area contributed by atoms with Crippen LogP contribution in [0.25, 0.3) is 0 Å². The topological polar surface area (TPSA) is 57.3 Å². The van der Waals surface area contributed by atoms with Crippen LogP contribution in [0.1, 0.15) is 31.2 Å². The summed E-state index contributed by atoms with van der Waals surface area (Å²) < 4.78 is 0. The number of carbonyl (C=O) groups is 1. The molecule has 0 spiro atoms. The Balaban J connectivity index is 1.46. The second-order valence-electron chi connectivity index (χ2n) is 6.43. The van der Waals surface area contributed by atoms with Gasteiger partial charge in [-0.3, -0.25) is 4.79 Å². The summed E-state index contributed by atoms with van der Waals surface area (Å²) in [5, 5.41) is 6.50. The fraction of sp³-hybridized carbons (Fsp3) is 0.625. The molecule has 2 atom stereocenters. The van der Waals surface area contributed by atoms with E-state index in [0.717, 1.165) is 44.3 Å². The Hall–Kier alpha value is -1.62. The molecule has 1 aromatic rings. The molecule has 0 aromatic carbocycles. The first-order valence-corrected chi connectivity index (χ1v) is 8.04. The molecule has 1 aromatic heterocycles. The zero-order chi connectivity index (χ0) is 14.2. The van der Waals surface area contributed by atoms with E-state index in [2.05, 4.69) is 32.7 Å². The highest BCUT2D eigenvalue weighted by Crippen LogP contribution is 2.30. The van der Waals surface area contributed by atoms with Crippen LogP contribution in [-0.2, 0) is 11.3 Å². The Labute approximate surface area is 125 Å². The van der Waals surface area contributed by atoms with Gasteiger partial charge in [-0.15, -0.1) is 0 Å². The normalized spacial score (nSPS) is 28.4. The second kappa shape index (κ2) is 5.30. The van der Waals surface area contributed by atoms with Gasteiger partial charge in [-0.1, -0.05) is 6.07 Å². The molecule has 3 aliphatic rings. The van der Waals surface area contributed by atoms with E-state index in [-0.39, 0.29) is 17.9 Å². The van der Waals surface area contributed by atoms with Crippen LogP contribution in [0.4, 0.5) is 5.82 Å².